The lowest BCUT2D eigenvalue weighted by atomic mass is 10.2. The minimum atomic E-state index is -0.0641. The molecule has 3 aromatic rings. The van der Waals surface area contributed by atoms with Gasteiger partial charge in [0, 0.05) is 12.7 Å². The van der Waals surface area contributed by atoms with E-state index in [1.807, 2.05) is 36.4 Å². The van der Waals surface area contributed by atoms with E-state index in [0.29, 0.717) is 23.4 Å². The molecule has 3 rings (SSSR count). The van der Waals surface area contributed by atoms with Crippen LogP contribution in [0.5, 0.6) is 5.75 Å². The molecule has 0 fully saturated rings. The van der Waals surface area contributed by atoms with Gasteiger partial charge < -0.3 is 9.30 Å². The number of halogens is 1. The van der Waals surface area contributed by atoms with Crippen molar-refractivity contribution in [3.63, 3.8) is 0 Å². The molecule has 118 valence electrons. The predicted octanol–water partition coefficient (Wildman–Crippen LogP) is 4.49. The average molecular weight is 390 g/mol. The van der Waals surface area contributed by atoms with Crippen molar-refractivity contribution < 1.29 is 4.74 Å². The first-order chi connectivity index (χ1) is 11.2. The van der Waals surface area contributed by atoms with Crippen molar-refractivity contribution in [3.05, 3.63) is 85.4 Å². The first-order valence-corrected chi connectivity index (χ1v) is 9.04. The summed E-state index contributed by atoms with van der Waals surface area (Å²) in [6, 6.07) is 13.8. The van der Waals surface area contributed by atoms with Crippen molar-refractivity contribution in [3.8, 4) is 5.75 Å². The number of rotatable bonds is 6. The second kappa shape index (κ2) is 7.62. The molecule has 1 aromatic carbocycles. The van der Waals surface area contributed by atoms with Crippen LogP contribution in [-0.4, -0.2) is 4.57 Å². The van der Waals surface area contributed by atoms with Crippen LogP contribution >= 0.6 is 27.3 Å². The SMILES string of the molecule is O=c1c(Br)c(OCc2ccccc2)ccn1CCc1ccsc1. The van der Waals surface area contributed by atoms with Crippen LogP contribution in [0.2, 0.25) is 0 Å². The first kappa shape index (κ1) is 16.0. The Kier molecular flexibility index (Phi) is 5.31. The minimum absolute atomic E-state index is 0.0641. The summed E-state index contributed by atoms with van der Waals surface area (Å²) in [6.45, 7) is 1.10. The van der Waals surface area contributed by atoms with E-state index in [2.05, 4.69) is 32.8 Å². The van der Waals surface area contributed by atoms with Crippen LogP contribution in [0.3, 0.4) is 0 Å². The van der Waals surface area contributed by atoms with Crippen LogP contribution in [0, 0.1) is 0 Å². The van der Waals surface area contributed by atoms with Crippen LogP contribution in [0.15, 0.2) is 68.7 Å². The number of nitrogens with zero attached hydrogens (tertiary/aromatic N) is 1. The molecule has 0 saturated carbocycles. The second-order valence-electron chi connectivity index (χ2n) is 5.15. The predicted molar refractivity (Wildman–Crippen MR) is 97.2 cm³/mol. The van der Waals surface area contributed by atoms with E-state index in [4.69, 9.17) is 4.74 Å². The van der Waals surface area contributed by atoms with Gasteiger partial charge in [-0.05, 0) is 56.4 Å². The minimum Gasteiger partial charge on any atom is -0.487 e. The Hall–Kier alpha value is -1.85. The van der Waals surface area contributed by atoms with E-state index in [-0.39, 0.29) is 5.56 Å². The smallest absolute Gasteiger partial charge is 0.268 e. The number of pyridine rings is 1. The molecule has 0 spiro atoms. The molecule has 0 amide bonds. The lowest BCUT2D eigenvalue weighted by molar-refractivity contribution is 0.302. The summed E-state index contributed by atoms with van der Waals surface area (Å²) in [5.41, 5.74) is 2.26. The van der Waals surface area contributed by atoms with Gasteiger partial charge in [-0.2, -0.15) is 11.3 Å². The van der Waals surface area contributed by atoms with Crippen molar-refractivity contribution in [2.75, 3.05) is 0 Å². The van der Waals surface area contributed by atoms with Crippen LogP contribution in [0.4, 0.5) is 0 Å². The van der Waals surface area contributed by atoms with Crippen molar-refractivity contribution in [2.45, 2.75) is 19.6 Å². The summed E-state index contributed by atoms with van der Waals surface area (Å²) < 4.78 is 7.93. The zero-order chi connectivity index (χ0) is 16.1. The zero-order valence-electron chi connectivity index (χ0n) is 12.4. The lowest BCUT2D eigenvalue weighted by Gasteiger charge is -2.11. The highest BCUT2D eigenvalue weighted by molar-refractivity contribution is 9.10. The Labute approximate surface area is 147 Å². The molecule has 0 aliphatic rings. The molecular weight excluding hydrogens is 374 g/mol. The van der Waals surface area contributed by atoms with E-state index in [0.717, 1.165) is 12.0 Å². The van der Waals surface area contributed by atoms with E-state index in [1.54, 1.807) is 22.1 Å². The third-order valence-electron chi connectivity index (χ3n) is 3.53. The number of thiophene rings is 1. The van der Waals surface area contributed by atoms with Gasteiger partial charge >= 0.3 is 0 Å². The maximum atomic E-state index is 12.4. The van der Waals surface area contributed by atoms with E-state index in [1.165, 1.54) is 5.56 Å². The maximum absolute atomic E-state index is 12.4. The van der Waals surface area contributed by atoms with Crippen LogP contribution in [0.25, 0.3) is 0 Å². The first-order valence-electron chi connectivity index (χ1n) is 7.31. The molecule has 0 saturated heterocycles. The normalized spacial score (nSPS) is 10.7. The van der Waals surface area contributed by atoms with Gasteiger partial charge in [0.05, 0.1) is 0 Å². The van der Waals surface area contributed by atoms with Gasteiger partial charge in [-0.3, -0.25) is 4.79 Å². The summed E-state index contributed by atoms with van der Waals surface area (Å²) in [7, 11) is 0. The van der Waals surface area contributed by atoms with Gasteiger partial charge in [0.1, 0.15) is 16.8 Å². The number of aromatic nitrogens is 1. The second-order valence-corrected chi connectivity index (χ2v) is 6.72. The highest BCUT2D eigenvalue weighted by Gasteiger charge is 2.09. The largest absolute Gasteiger partial charge is 0.487 e. The van der Waals surface area contributed by atoms with Crippen LogP contribution in [0.1, 0.15) is 11.1 Å². The van der Waals surface area contributed by atoms with E-state index in [9.17, 15) is 4.79 Å². The van der Waals surface area contributed by atoms with E-state index >= 15 is 0 Å². The van der Waals surface area contributed by atoms with Gasteiger partial charge in [-0.1, -0.05) is 30.3 Å². The Morgan fingerprint density at radius 2 is 1.91 bits per heavy atom. The Balaban J connectivity index is 1.68. The summed E-state index contributed by atoms with van der Waals surface area (Å²) in [4.78, 5) is 12.4. The highest BCUT2D eigenvalue weighted by atomic mass is 79.9. The van der Waals surface area contributed by atoms with E-state index < -0.39 is 0 Å². The maximum Gasteiger partial charge on any atom is 0.268 e. The Morgan fingerprint density at radius 3 is 2.65 bits per heavy atom. The van der Waals surface area contributed by atoms with Gasteiger partial charge in [0.2, 0.25) is 0 Å². The summed E-state index contributed by atoms with van der Waals surface area (Å²) in [6.07, 6.45) is 2.64. The third-order valence-corrected chi connectivity index (χ3v) is 4.99. The number of benzene rings is 1. The number of hydrogen-bond acceptors (Lipinski definition) is 3. The van der Waals surface area contributed by atoms with Gasteiger partial charge in [-0.25, -0.2) is 0 Å². The molecule has 0 atom stereocenters. The monoisotopic (exact) mass is 389 g/mol. The Morgan fingerprint density at radius 1 is 1.09 bits per heavy atom. The summed E-state index contributed by atoms with van der Waals surface area (Å²) >= 11 is 5.04. The topological polar surface area (TPSA) is 31.2 Å². The summed E-state index contributed by atoms with van der Waals surface area (Å²) in [5.74, 6) is 0.575. The summed E-state index contributed by atoms with van der Waals surface area (Å²) in [5, 5.41) is 4.16. The molecule has 5 heteroatoms. The van der Waals surface area contributed by atoms with Crippen molar-refractivity contribution in [1.29, 1.82) is 0 Å². The number of hydrogen-bond donors (Lipinski definition) is 0. The fourth-order valence-corrected chi connectivity index (χ4v) is 3.41. The highest BCUT2D eigenvalue weighted by Crippen LogP contribution is 2.21. The molecule has 3 nitrogen and oxygen atoms in total. The number of aryl methyl sites for hydroxylation is 2. The zero-order valence-corrected chi connectivity index (χ0v) is 14.8. The van der Waals surface area contributed by atoms with Gasteiger partial charge in [-0.15, -0.1) is 0 Å². The molecule has 0 N–H and O–H groups in total. The quantitative estimate of drug-likeness (QED) is 0.621. The van der Waals surface area contributed by atoms with Gasteiger partial charge in [0.25, 0.3) is 5.56 Å². The molecule has 0 unspecified atom stereocenters. The lowest BCUT2D eigenvalue weighted by Crippen LogP contribution is -2.21. The van der Waals surface area contributed by atoms with Crippen LogP contribution in [-0.2, 0) is 19.6 Å². The fourth-order valence-electron chi connectivity index (χ4n) is 2.24. The third kappa shape index (κ3) is 4.12. The molecule has 23 heavy (non-hydrogen) atoms. The van der Waals surface area contributed by atoms with Crippen LogP contribution < -0.4 is 10.3 Å². The van der Waals surface area contributed by atoms with Gasteiger partial charge in [0.15, 0.2) is 0 Å². The molecule has 0 aliphatic heterocycles. The standard InChI is InChI=1S/C18H16BrNO2S/c19-17-16(22-12-14-4-2-1-3-5-14)7-10-20(18(17)21)9-6-15-8-11-23-13-15/h1-5,7-8,10-11,13H,6,9,12H2. The Bertz CT molecular complexity index is 813. The molecule has 2 aromatic heterocycles. The van der Waals surface area contributed by atoms with Crippen molar-refractivity contribution >= 4 is 27.3 Å². The number of ether oxygens (including phenoxy) is 1. The average Bonchev–Trinajstić information content (AvgIpc) is 3.10. The molecular formula is C18H16BrNO2S. The molecule has 0 bridgehead atoms. The molecule has 2 heterocycles. The van der Waals surface area contributed by atoms with Crippen molar-refractivity contribution in [2.24, 2.45) is 0 Å². The molecule has 0 radical (unpaired) electrons. The van der Waals surface area contributed by atoms with Crippen molar-refractivity contribution in [1.82, 2.24) is 4.57 Å². The molecule has 0 aliphatic carbocycles. The fraction of sp³-hybridized carbons (Fsp3) is 0.167.